The summed E-state index contributed by atoms with van der Waals surface area (Å²) in [5.74, 6) is -0.571. The highest BCUT2D eigenvalue weighted by atomic mass is 16.3. The van der Waals surface area contributed by atoms with Crippen LogP contribution in [-0.4, -0.2) is 21.9 Å². The number of hydrogen-bond donors (Lipinski definition) is 3. The Hall–Kier alpha value is -2.89. The molecule has 0 bridgehead atoms. The van der Waals surface area contributed by atoms with Gasteiger partial charge < -0.3 is 15.7 Å². The van der Waals surface area contributed by atoms with Crippen LogP contribution in [-0.2, 0) is 4.79 Å². The Kier molecular flexibility index (Phi) is 4.50. The van der Waals surface area contributed by atoms with Crippen LogP contribution in [0, 0.1) is 0 Å². The lowest BCUT2D eigenvalue weighted by Crippen LogP contribution is -2.14. The molecule has 0 atom stereocenters. The smallest absolute Gasteiger partial charge is 0.256 e. The second-order valence-electron chi connectivity index (χ2n) is 4.31. The van der Waals surface area contributed by atoms with Crippen molar-refractivity contribution in [3.63, 3.8) is 0 Å². The Morgan fingerprint density at radius 2 is 2.00 bits per heavy atom. The van der Waals surface area contributed by atoms with E-state index in [1.165, 1.54) is 12.3 Å². The summed E-state index contributed by atoms with van der Waals surface area (Å²) in [5, 5.41) is 14.8. The van der Waals surface area contributed by atoms with Gasteiger partial charge in [-0.3, -0.25) is 9.59 Å². The lowest BCUT2D eigenvalue weighted by Gasteiger charge is -2.08. The van der Waals surface area contributed by atoms with Crippen LogP contribution in [0.4, 0.5) is 11.5 Å². The van der Waals surface area contributed by atoms with Gasteiger partial charge in [0.05, 0.1) is 0 Å². The predicted octanol–water partition coefficient (Wildman–Crippen LogP) is 2.39. The molecule has 21 heavy (non-hydrogen) atoms. The van der Waals surface area contributed by atoms with Gasteiger partial charge in [0.1, 0.15) is 0 Å². The minimum atomic E-state index is -0.420. The number of carbonyl (C=O) groups is 2. The van der Waals surface area contributed by atoms with Crippen LogP contribution in [0.2, 0.25) is 0 Å². The van der Waals surface area contributed by atoms with E-state index in [4.69, 9.17) is 0 Å². The molecular weight excluding hydrogens is 270 g/mol. The maximum atomic E-state index is 12.1. The zero-order valence-corrected chi connectivity index (χ0v) is 11.5. The molecule has 1 heterocycles. The Morgan fingerprint density at radius 1 is 1.19 bits per heavy atom. The zero-order valence-electron chi connectivity index (χ0n) is 11.5. The quantitative estimate of drug-likeness (QED) is 0.804. The summed E-state index contributed by atoms with van der Waals surface area (Å²) in [6.07, 6.45) is 1.82. The third-order valence-corrected chi connectivity index (χ3v) is 2.75. The van der Waals surface area contributed by atoms with Crippen LogP contribution in [0.15, 0.2) is 42.6 Å². The molecule has 2 amide bonds. The van der Waals surface area contributed by atoms with Crippen molar-refractivity contribution in [3.8, 4) is 5.75 Å². The van der Waals surface area contributed by atoms with E-state index in [1.807, 2.05) is 0 Å². The first-order valence-electron chi connectivity index (χ1n) is 6.45. The van der Waals surface area contributed by atoms with Crippen molar-refractivity contribution in [1.29, 1.82) is 0 Å². The van der Waals surface area contributed by atoms with E-state index < -0.39 is 5.91 Å². The monoisotopic (exact) mass is 285 g/mol. The zero-order chi connectivity index (χ0) is 15.2. The van der Waals surface area contributed by atoms with Gasteiger partial charge in [0.25, 0.3) is 5.91 Å². The van der Waals surface area contributed by atoms with Gasteiger partial charge in [0.2, 0.25) is 5.91 Å². The van der Waals surface area contributed by atoms with E-state index in [0.29, 0.717) is 17.7 Å². The largest absolute Gasteiger partial charge is 0.504 e. The topological polar surface area (TPSA) is 91.3 Å². The second-order valence-corrected chi connectivity index (χ2v) is 4.31. The van der Waals surface area contributed by atoms with Gasteiger partial charge in [0, 0.05) is 23.9 Å². The minimum absolute atomic E-state index is 0.0884. The number of anilines is 2. The summed E-state index contributed by atoms with van der Waals surface area (Å²) in [7, 11) is 0. The van der Waals surface area contributed by atoms with Crippen molar-refractivity contribution in [2.75, 3.05) is 10.6 Å². The summed E-state index contributed by atoms with van der Waals surface area (Å²) in [6.45, 7) is 1.75. The number of carbonyl (C=O) groups excluding carboxylic acids is 2. The SMILES string of the molecule is CCC(=O)Nc1cccc(C(=O)Nc2ncccc2O)c1. The summed E-state index contributed by atoms with van der Waals surface area (Å²) in [5.41, 5.74) is 0.897. The van der Waals surface area contributed by atoms with Crippen molar-refractivity contribution in [2.24, 2.45) is 0 Å². The summed E-state index contributed by atoms with van der Waals surface area (Å²) in [4.78, 5) is 27.3. The lowest BCUT2D eigenvalue weighted by molar-refractivity contribution is -0.115. The van der Waals surface area contributed by atoms with E-state index in [0.717, 1.165) is 0 Å². The van der Waals surface area contributed by atoms with Crippen LogP contribution >= 0.6 is 0 Å². The fraction of sp³-hybridized carbons (Fsp3) is 0.133. The van der Waals surface area contributed by atoms with Crippen molar-refractivity contribution >= 4 is 23.3 Å². The third-order valence-electron chi connectivity index (χ3n) is 2.75. The van der Waals surface area contributed by atoms with Crippen LogP contribution < -0.4 is 10.6 Å². The normalized spacial score (nSPS) is 9.95. The van der Waals surface area contributed by atoms with E-state index in [-0.39, 0.29) is 17.5 Å². The van der Waals surface area contributed by atoms with Gasteiger partial charge in [-0.05, 0) is 30.3 Å². The van der Waals surface area contributed by atoms with Gasteiger partial charge in [-0.1, -0.05) is 13.0 Å². The lowest BCUT2D eigenvalue weighted by atomic mass is 10.2. The number of nitrogens with zero attached hydrogens (tertiary/aromatic N) is 1. The predicted molar refractivity (Wildman–Crippen MR) is 79.2 cm³/mol. The van der Waals surface area contributed by atoms with Crippen molar-refractivity contribution in [2.45, 2.75) is 13.3 Å². The molecule has 0 aliphatic carbocycles. The Morgan fingerprint density at radius 3 is 2.71 bits per heavy atom. The number of benzene rings is 1. The van der Waals surface area contributed by atoms with Crippen LogP contribution in [0.1, 0.15) is 23.7 Å². The van der Waals surface area contributed by atoms with Crippen LogP contribution in [0.5, 0.6) is 5.75 Å². The number of nitrogens with one attached hydrogen (secondary N) is 2. The fourth-order valence-electron chi connectivity index (χ4n) is 1.66. The second kappa shape index (κ2) is 6.51. The van der Waals surface area contributed by atoms with E-state index in [1.54, 1.807) is 37.3 Å². The summed E-state index contributed by atoms with van der Waals surface area (Å²) < 4.78 is 0. The van der Waals surface area contributed by atoms with Gasteiger partial charge >= 0.3 is 0 Å². The molecule has 2 rings (SSSR count). The third kappa shape index (κ3) is 3.79. The van der Waals surface area contributed by atoms with E-state index in [2.05, 4.69) is 15.6 Å². The molecule has 0 spiro atoms. The van der Waals surface area contributed by atoms with E-state index in [9.17, 15) is 14.7 Å². The molecule has 6 nitrogen and oxygen atoms in total. The molecule has 0 saturated heterocycles. The molecule has 3 N–H and O–H groups in total. The average molecular weight is 285 g/mol. The number of aromatic nitrogens is 1. The van der Waals surface area contributed by atoms with Crippen molar-refractivity contribution in [1.82, 2.24) is 4.98 Å². The number of pyridine rings is 1. The highest BCUT2D eigenvalue weighted by Crippen LogP contribution is 2.19. The number of hydrogen-bond acceptors (Lipinski definition) is 4. The fourth-order valence-corrected chi connectivity index (χ4v) is 1.66. The Labute approximate surface area is 121 Å². The first kappa shape index (κ1) is 14.5. The molecule has 108 valence electrons. The van der Waals surface area contributed by atoms with Gasteiger partial charge in [-0.25, -0.2) is 4.98 Å². The van der Waals surface area contributed by atoms with Crippen LogP contribution in [0.3, 0.4) is 0 Å². The standard InChI is InChI=1S/C15H15N3O3/c1-2-13(20)17-11-6-3-5-10(9-11)15(21)18-14-12(19)7-4-8-16-14/h3-9,19H,2H2,1H3,(H,17,20)(H,16,18,21). The average Bonchev–Trinajstić information content (AvgIpc) is 2.49. The molecule has 1 aromatic carbocycles. The first-order valence-corrected chi connectivity index (χ1v) is 6.45. The number of amides is 2. The molecule has 0 radical (unpaired) electrons. The minimum Gasteiger partial charge on any atom is -0.504 e. The molecule has 2 aromatic rings. The highest BCUT2D eigenvalue weighted by molar-refractivity contribution is 6.05. The molecule has 0 unspecified atom stereocenters. The number of aromatic hydroxyl groups is 1. The highest BCUT2D eigenvalue weighted by Gasteiger charge is 2.10. The molecule has 0 aliphatic heterocycles. The van der Waals surface area contributed by atoms with Crippen LogP contribution in [0.25, 0.3) is 0 Å². The van der Waals surface area contributed by atoms with E-state index >= 15 is 0 Å². The Balaban J connectivity index is 2.14. The maximum Gasteiger partial charge on any atom is 0.256 e. The summed E-state index contributed by atoms with van der Waals surface area (Å²) >= 11 is 0. The molecular formula is C15H15N3O3. The van der Waals surface area contributed by atoms with Gasteiger partial charge in [0.15, 0.2) is 11.6 Å². The Bertz CT molecular complexity index is 671. The summed E-state index contributed by atoms with van der Waals surface area (Å²) in [6, 6.07) is 9.52. The first-order chi connectivity index (χ1) is 10.1. The molecule has 0 fully saturated rings. The molecule has 6 heteroatoms. The molecule has 1 aromatic heterocycles. The maximum absolute atomic E-state index is 12.1. The van der Waals surface area contributed by atoms with Crippen molar-refractivity contribution < 1.29 is 14.7 Å². The van der Waals surface area contributed by atoms with Gasteiger partial charge in [-0.2, -0.15) is 0 Å². The molecule has 0 saturated carbocycles. The molecule has 0 aliphatic rings. The van der Waals surface area contributed by atoms with Crippen molar-refractivity contribution in [3.05, 3.63) is 48.2 Å². The number of rotatable bonds is 4. The van der Waals surface area contributed by atoms with Gasteiger partial charge in [-0.15, -0.1) is 0 Å².